The van der Waals surface area contributed by atoms with Crippen LogP contribution in [0.25, 0.3) is 0 Å². The number of rotatable bonds is 4. The number of hydrazone groups is 1. The largest absolute Gasteiger partial charge is 0.492 e. The van der Waals surface area contributed by atoms with E-state index in [4.69, 9.17) is 11.2 Å². The van der Waals surface area contributed by atoms with Crippen molar-refractivity contribution in [2.45, 2.75) is 6.92 Å². The summed E-state index contributed by atoms with van der Waals surface area (Å²) in [6.07, 6.45) is 6.79. The highest BCUT2D eigenvalue weighted by Gasteiger charge is 2.09. The van der Waals surface area contributed by atoms with Crippen LogP contribution in [0.1, 0.15) is 16.8 Å². The average Bonchev–Trinajstić information content (AvgIpc) is 2.83. The van der Waals surface area contributed by atoms with Gasteiger partial charge in [0.05, 0.1) is 24.6 Å². The van der Waals surface area contributed by atoms with Crippen LogP contribution in [0.5, 0.6) is 5.75 Å². The Balaban J connectivity index is 2.17. The smallest absolute Gasteiger partial charge is 0.203 e. The molecule has 0 aliphatic carbocycles. The third-order valence-corrected chi connectivity index (χ3v) is 3.28. The molecule has 0 aliphatic rings. The molecule has 0 fully saturated rings. The van der Waals surface area contributed by atoms with Crippen LogP contribution in [0.3, 0.4) is 0 Å². The van der Waals surface area contributed by atoms with Crippen LogP contribution in [0.2, 0.25) is 0 Å². The first kappa shape index (κ1) is 14.0. The minimum atomic E-state index is -0.519. The van der Waals surface area contributed by atoms with Gasteiger partial charge < -0.3 is 4.74 Å². The monoisotopic (exact) mass is 289 g/mol. The SMILES string of the molecule is C#Cc1cc(C=NNc2nc(C)cs2)cc(F)c1OC. The summed E-state index contributed by atoms with van der Waals surface area (Å²) in [6, 6.07) is 2.93. The molecule has 0 spiro atoms. The number of hydrogen-bond acceptors (Lipinski definition) is 5. The number of thiazole rings is 1. The normalized spacial score (nSPS) is 10.5. The van der Waals surface area contributed by atoms with E-state index in [2.05, 4.69) is 21.4 Å². The predicted octanol–water partition coefficient (Wildman–Crippen LogP) is 3.03. The first-order chi connectivity index (χ1) is 9.63. The molecule has 102 valence electrons. The van der Waals surface area contributed by atoms with E-state index in [1.54, 1.807) is 6.07 Å². The number of methoxy groups -OCH3 is 1. The van der Waals surface area contributed by atoms with E-state index in [-0.39, 0.29) is 5.75 Å². The van der Waals surface area contributed by atoms with E-state index in [1.165, 1.54) is 30.7 Å². The molecule has 0 radical (unpaired) electrons. The lowest BCUT2D eigenvalue weighted by atomic mass is 10.1. The van der Waals surface area contributed by atoms with Gasteiger partial charge in [-0.1, -0.05) is 5.92 Å². The van der Waals surface area contributed by atoms with Gasteiger partial charge in [0, 0.05) is 5.38 Å². The summed E-state index contributed by atoms with van der Waals surface area (Å²) in [7, 11) is 1.37. The number of terminal acetylenes is 1. The summed E-state index contributed by atoms with van der Waals surface area (Å²) in [5, 5.41) is 6.57. The number of halogens is 1. The molecule has 1 heterocycles. The van der Waals surface area contributed by atoms with Crippen LogP contribution in [0.15, 0.2) is 22.6 Å². The second kappa shape index (κ2) is 6.17. The third kappa shape index (κ3) is 3.13. The highest BCUT2D eigenvalue weighted by atomic mass is 32.1. The van der Waals surface area contributed by atoms with Gasteiger partial charge in [-0.05, 0) is 24.6 Å². The standard InChI is InChI=1S/C14H12FN3OS/c1-4-11-5-10(6-12(15)13(11)19-3)7-16-18-14-17-9(2)8-20-14/h1,5-8H,2-3H3,(H,17,18). The number of nitrogens with one attached hydrogen (secondary N) is 1. The second-order valence-electron chi connectivity index (χ2n) is 3.89. The quantitative estimate of drug-likeness (QED) is 0.534. The summed E-state index contributed by atoms with van der Waals surface area (Å²) in [4.78, 5) is 4.19. The number of aromatic nitrogens is 1. The topological polar surface area (TPSA) is 46.5 Å². The Morgan fingerprint density at radius 1 is 1.55 bits per heavy atom. The Bertz CT molecular complexity index is 688. The van der Waals surface area contributed by atoms with E-state index < -0.39 is 5.82 Å². The first-order valence-corrected chi connectivity index (χ1v) is 6.57. The van der Waals surface area contributed by atoms with Crippen LogP contribution in [0, 0.1) is 25.1 Å². The van der Waals surface area contributed by atoms with Crippen molar-refractivity contribution in [2.24, 2.45) is 5.10 Å². The second-order valence-corrected chi connectivity index (χ2v) is 4.75. The maximum atomic E-state index is 13.7. The van der Waals surface area contributed by atoms with Gasteiger partial charge in [-0.25, -0.2) is 9.37 Å². The van der Waals surface area contributed by atoms with E-state index in [0.29, 0.717) is 16.3 Å². The van der Waals surface area contributed by atoms with Crippen molar-refractivity contribution in [2.75, 3.05) is 12.5 Å². The zero-order valence-electron chi connectivity index (χ0n) is 11.0. The Hall–Kier alpha value is -2.39. The molecule has 20 heavy (non-hydrogen) atoms. The van der Waals surface area contributed by atoms with Crippen molar-refractivity contribution in [1.82, 2.24) is 4.98 Å². The molecular weight excluding hydrogens is 277 g/mol. The van der Waals surface area contributed by atoms with Crippen LogP contribution >= 0.6 is 11.3 Å². The van der Waals surface area contributed by atoms with Crippen molar-refractivity contribution in [1.29, 1.82) is 0 Å². The van der Waals surface area contributed by atoms with Gasteiger partial charge in [0.2, 0.25) is 5.13 Å². The number of aryl methyl sites for hydroxylation is 1. The molecule has 0 unspecified atom stereocenters. The van der Waals surface area contributed by atoms with E-state index >= 15 is 0 Å². The van der Waals surface area contributed by atoms with Crippen LogP contribution in [-0.4, -0.2) is 18.3 Å². The van der Waals surface area contributed by atoms with Gasteiger partial charge in [0.1, 0.15) is 0 Å². The molecule has 1 aromatic heterocycles. The van der Waals surface area contributed by atoms with Crippen molar-refractivity contribution in [3.8, 4) is 18.1 Å². The molecule has 6 heteroatoms. The average molecular weight is 289 g/mol. The van der Waals surface area contributed by atoms with Gasteiger partial charge >= 0.3 is 0 Å². The molecule has 1 N–H and O–H groups in total. The maximum absolute atomic E-state index is 13.7. The molecule has 0 amide bonds. The Morgan fingerprint density at radius 3 is 2.95 bits per heavy atom. The van der Waals surface area contributed by atoms with Crippen molar-refractivity contribution in [3.05, 3.63) is 40.2 Å². The van der Waals surface area contributed by atoms with E-state index in [0.717, 1.165) is 5.69 Å². The number of anilines is 1. The van der Waals surface area contributed by atoms with E-state index in [1.807, 2.05) is 12.3 Å². The highest BCUT2D eigenvalue weighted by Crippen LogP contribution is 2.23. The lowest BCUT2D eigenvalue weighted by Crippen LogP contribution is -1.96. The zero-order valence-corrected chi connectivity index (χ0v) is 11.8. The number of ether oxygens (including phenoxy) is 1. The van der Waals surface area contributed by atoms with Gasteiger partial charge in [-0.3, -0.25) is 5.43 Å². The third-order valence-electron chi connectivity index (χ3n) is 2.42. The van der Waals surface area contributed by atoms with Crippen LogP contribution in [0.4, 0.5) is 9.52 Å². The minimum absolute atomic E-state index is 0.0631. The molecule has 0 saturated heterocycles. The Morgan fingerprint density at radius 2 is 2.35 bits per heavy atom. The summed E-state index contributed by atoms with van der Waals surface area (Å²) < 4.78 is 18.7. The minimum Gasteiger partial charge on any atom is -0.492 e. The fraction of sp³-hybridized carbons (Fsp3) is 0.143. The molecule has 2 rings (SSSR count). The lowest BCUT2D eigenvalue weighted by molar-refractivity contribution is 0.385. The molecule has 0 atom stereocenters. The zero-order chi connectivity index (χ0) is 14.5. The Kier molecular flexibility index (Phi) is 4.33. The molecule has 0 bridgehead atoms. The van der Waals surface area contributed by atoms with Crippen molar-refractivity contribution < 1.29 is 9.13 Å². The van der Waals surface area contributed by atoms with Gasteiger partial charge in [0.25, 0.3) is 0 Å². The molecule has 4 nitrogen and oxygen atoms in total. The number of hydrogen-bond donors (Lipinski definition) is 1. The van der Waals surface area contributed by atoms with Gasteiger partial charge in [0.15, 0.2) is 11.6 Å². The van der Waals surface area contributed by atoms with Crippen LogP contribution in [-0.2, 0) is 0 Å². The summed E-state index contributed by atoms with van der Waals surface area (Å²) in [5.41, 5.74) is 4.57. The van der Waals surface area contributed by atoms with Gasteiger partial charge in [-0.15, -0.1) is 17.8 Å². The lowest BCUT2D eigenvalue weighted by Gasteiger charge is -2.05. The molecule has 0 saturated carbocycles. The Labute approximate surface area is 120 Å². The van der Waals surface area contributed by atoms with Crippen molar-refractivity contribution >= 4 is 22.7 Å². The fourth-order valence-corrected chi connectivity index (χ4v) is 2.21. The number of nitrogens with zero attached hydrogens (tertiary/aromatic N) is 2. The predicted molar refractivity (Wildman–Crippen MR) is 79.0 cm³/mol. The van der Waals surface area contributed by atoms with Crippen molar-refractivity contribution in [3.63, 3.8) is 0 Å². The summed E-state index contributed by atoms with van der Waals surface area (Å²) in [5.74, 6) is 1.93. The maximum Gasteiger partial charge on any atom is 0.203 e. The summed E-state index contributed by atoms with van der Waals surface area (Å²) in [6.45, 7) is 1.89. The molecule has 0 aliphatic heterocycles. The number of benzene rings is 1. The molecular formula is C14H12FN3OS. The highest BCUT2D eigenvalue weighted by molar-refractivity contribution is 7.13. The molecule has 1 aromatic carbocycles. The molecule has 2 aromatic rings. The summed E-state index contributed by atoms with van der Waals surface area (Å²) >= 11 is 1.44. The van der Waals surface area contributed by atoms with E-state index in [9.17, 15) is 4.39 Å². The fourth-order valence-electron chi connectivity index (χ4n) is 1.57. The van der Waals surface area contributed by atoms with Crippen LogP contribution < -0.4 is 10.2 Å². The first-order valence-electron chi connectivity index (χ1n) is 5.69. The van der Waals surface area contributed by atoms with Gasteiger partial charge in [-0.2, -0.15) is 5.10 Å².